The second-order valence-corrected chi connectivity index (χ2v) is 7.87. The Morgan fingerprint density at radius 3 is 2.17 bits per heavy atom. The monoisotopic (exact) mass is 395 g/mol. The number of nitrogens with zero attached hydrogens (tertiary/aromatic N) is 2. The molecule has 1 aliphatic rings. The molecule has 29 heavy (non-hydrogen) atoms. The van der Waals surface area contributed by atoms with Gasteiger partial charge >= 0.3 is 0 Å². The third-order valence-electron chi connectivity index (χ3n) is 6.17. The van der Waals surface area contributed by atoms with E-state index in [2.05, 4.69) is 89.6 Å². The van der Waals surface area contributed by atoms with Crippen LogP contribution in [0.1, 0.15) is 32.3 Å². The number of para-hydroxylation sites is 1. The molecule has 1 N–H and O–H groups in total. The fourth-order valence-electron chi connectivity index (χ4n) is 4.22. The first-order valence-corrected chi connectivity index (χ1v) is 11.2. The summed E-state index contributed by atoms with van der Waals surface area (Å²) in [7, 11) is 0. The van der Waals surface area contributed by atoms with E-state index >= 15 is 0 Å². The molecule has 0 radical (unpaired) electrons. The lowest BCUT2D eigenvalue weighted by Crippen LogP contribution is -2.46. The zero-order valence-electron chi connectivity index (χ0n) is 18.1. The van der Waals surface area contributed by atoms with E-state index in [1.165, 1.54) is 11.3 Å². The number of piperidine rings is 1. The van der Waals surface area contributed by atoms with Crippen LogP contribution >= 0.6 is 0 Å². The van der Waals surface area contributed by atoms with Gasteiger partial charge < -0.3 is 19.9 Å². The van der Waals surface area contributed by atoms with E-state index in [9.17, 15) is 0 Å². The quantitative estimate of drug-likeness (QED) is 0.608. The maximum atomic E-state index is 6.63. The van der Waals surface area contributed by atoms with E-state index in [-0.39, 0.29) is 5.60 Å². The number of rotatable bonds is 11. The van der Waals surface area contributed by atoms with Crippen LogP contribution in [-0.4, -0.2) is 62.2 Å². The number of anilines is 1. The summed E-state index contributed by atoms with van der Waals surface area (Å²) in [5.41, 5.74) is 2.39. The average molecular weight is 396 g/mol. The third kappa shape index (κ3) is 6.30. The van der Waals surface area contributed by atoms with Crippen LogP contribution in [0.3, 0.4) is 0 Å². The molecule has 0 saturated carbocycles. The summed E-state index contributed by atoms with van der Waals surface area (Å²) >= 11 is 0. The topological polar surface area (TPSA) is 27.7 Å². The zero-order valence-corrected chi connectivity index (χ0v) is 18.1. The van der Waals surface area contributed by atoms with Crippen molar-refractivity contribution in [1.29, 1.82) is 0 Å². The average Bonchev–Trinajstić information content (AvgIpc) is 2.79. The molecule has 0 spiro atoms. The Morgan fingerprint density at radius 2 is 1.55 bits per heavy atom. The Bertz CT molecular complexity index is 680. The molecule has 1 heterocycles. The Kier molecular flexibility index (Phi) is 8.53. The Labute approximate surface area is 176 Å². The summed E-state index contributed by atoms with van der Waals surface area (Å²) in [4.78, 5) is 4.99. The van der Waals surface area contributed by atoms with Crippen LogP contribution in [0.15, 0.2) is 60.7 Å². The van der Waals surface area contributed by atoms with Crippen molar-refractivity contribution >= 4 is 5.69 Å². The maximum absolute atomic E-state index is 6.63. The molecule has 3 rings (SSSR count). The van der Waals surface area contributed by atoms with Gasteiger partial charge in [-0.05, 0) is 43.6 Å². The predicted molar refractivity (Wildman–Crippen MR) is 122 cm³/mol. The van der Waals surface area contributed by atoms with Gasteiger partial charge in [0.05, 0.1) is 12.2 Å². The first-order chi connectivity index (χ1) is 14.3. The second kappa shape index (κ2) is 11.3. The highest BCUT2D eigenvalue weighted by molar-refractivity contribution is 5.42. The van der Waals surface area contributed by atoms with Crippen molar-refractivity contribution in [1.82, 2.24) is 9.80 Å². The summed E-state index contributed by atoms with van der Waals surface area (Å²) in [6.07, 6.45) is 2.11. The Hall–Kier alpha value is -1.88. The number of nitrogens with one attached hydrogen (secondary N) is 1. The largest absolute Gasteiger partial charge is 0.384 e. The molecule has 0 aromatic heterocycles. The highest BCUT2D eigenvalue weighted by Crippen LogP contribution is 2.36. The minimum absolute atomic E-state index is 0.141. The van der Waals surface area contributed by atoms with Gasteiger partial charge in [0.25, 0.3) is 0 Å². The minimum Gasteiger partial charge on any atom is -0.384 e. The number of hydrogen-bond donors (Lipinski definition) is 1. The summed E-state index contributed by atoms with van der Waals surface area (Å²) in [5.74, 6) is 0. The molecule has 1 saturated heterocycles. The molecule has 0 atom stereocenters. The van der Waals surface area contributed by atoms with Crippen molar-refractivity contribution in [3.63, 3.8) is 0 Å². The van der Waals surface area contributed by atoms with Crippen molar-refractivity contribution in [2.75, 3.05) is 57.7 Å². The van der Waals surface area contributed by atoms with Gasteiger partial charge in [0.1, 0.15) is 0 Å². The van der Waals surface area contributed by atoms with E-state index in [4.69, 9.17) is 4.74 Å². The van der Waals surface area contributed by atoms with Crippen LogP contribution in [0, 0.1) is 0 Å². The van der Waals surface area contributed by atoms with Crippen molar-refractivity contribution in [2.24, 2.45) is 0 Å². The fraction of sp³-hybridized carbons (Fsp3) is 0.520. The Balaban J connectivity index is 1.53. The van der Waals surface area contributed by atoms with Crippen LogP contribution < -0.4 is 5.32 Å². The summed E-state index contributed by atoms with van der Waals surface area (Å²) < 4.78 is 6.63. The lowest BCUT2D eigenvalue weighted by atomic mass is 9.84. The molecule has 4 heteroatoms. The van der Waals surface area contributed by atoms with Crippen molar-refractivity contribution in [2.45, 2.75) is 32.3 Å². The molecule has 2 aromatic rings. The first-order valence-electron chi connectivity index (χ1n) is 11.2. The van der Waals surface area contributed by atoms with E-state index < -0.39 is 0 Å². The van der Waals surface area contributed by atoms with Gasteiger partial charge in [0, 0.05) is 38.4 Å². The van der Waals surface area contributed by atoms with Crippen LogP contribution in [0.25, 0.3) is 0 Å². The molecule has 1 aliphatic heterocycles. The summed E-state index contributed by atoms with van der Waals surface area (Å²) in [6.45, 7) is 12.6. The number of likely N-dealkylation sites (tertiary alicyclic amines) is 1. The van der Waals surface area contributed by atoms with Gasteiger partial charge in [-0.25, -0.2) is 0 Å². The van der Waals surface area contributed by atoms with Crippen LogP contribution in [0.4, 0.5) is 5.69 Å². The van der Waals surface area contributed by atoms with Crippen molar-refractivity contribution < 1.29 is 4.74 Å². The maximum Gasteiger partial charge on any atom is 0.0956 e. The lowest BCUT2D eigenvalue weighted by Gasteiger charge is -2.42. The lowest BCUT2D eigenvalue weighted by molar-refractivity contribution is -0.0936. The second-order valence-electron chi connectivity index (χ2n) is 7.87. The van der Waals surface area contributed by atoms with Gasteiger partial charge in [-0.15, -0.1) is 0 Å². The van der Waals surface area contributed by atoms with E-state index in [1.807, 2.05) is 0 Å². The molecule has 1 fully saturated rings. The van der Waals surface area contributed by atoms with Gasteiger partial charge in [-0.2, -0.15) is 0 Å². The number of likely N-dealkylation sites (N-methyl/N-ethyl adjacent to an activating group) is 1. The normalized spacial score (nSPS) is 16.8. The van der Waals surface area contributed by atoms with Crippen LogP contribution in [0.5, 0.6) is 0 Å². The minimum atomic E-state index is -0.141. The van der Waals surface area contributed by atoms with E-state index in [0.717, 1.165) is 65.3 Å². The van der Waals surface area contributed by atoms with Gasteiger partial charge in [-0.3, -0.25) is 0 Å². The van der Waals surface area contributed by atoms with E-state index in [1.54, 1.807) is 0 Å². The fourth-order valence-corrected chi connectivity index (χ4v) is 4.22. The molecular formula is C25H37N3O. The summed E-state index contributed by atoms with van der Waals surface area (Å²) in [6, 6.07) is 21.3. The molecule has 158 valence electrons. The molecule has 0 amide bonds. The predicted octanol–water partition coefficient (Wildman–Crippen LogP) is 4.45. The molecule has 2 aromatic carbocycles. The molecule has 4 nitrogen and oxygen atoms in total. The van der Waals surface area contributed by atoms with Gasteiger partial charge in [0.15, 0.2) is 0 Å². The zero-order chi connectivity index (χ0) is 20.4. The highest BCUT2D eigenvalue weighted by atomic mass is 16.5. The molecule has 0 aliphatic carbocycles. The van der Waals surface area contributed by atoms with E-state index in [0.29, 0.717) is 0 Å². The number of hydrogen-bond acceptors (Lipinski definition) is 4. The summed E-state index contributed by atoms with van der Waals surface area (Å²) in [5, 5.41) is 3.53. The molecular weight excluding hydrogens is 358 g/mol. The number of ether oxygens (including phenoxy) is 1. The molecule has 0 bridgehead atoms. The van der Waals surface area contributed by atoms with Gasteiger partial charge in [-0.1, -0.05) is 62.4 Å². The smallest absolute Gasteiger partial charge is 0.0956 e. The van der Waals surface area contributed by atoms with Gasteiger partial charge in [0.2, 0.25) is 0 Å². The van der Waals surface area contributed by atoms with Crippen molar-refractivity contribution in [3.05, 3.63) is 66.2 Å². The number of benzene rings is 2. The van der Waals surface area contributed by atoms with Crippen LogP contribution in [-0.2, 0) is 10.3 Å². The molecule has 0 unspecified atom stereocenters. The standard InChI is InChI=1S/C25H37N3O/c1-3-27(4-2)21-22-29-25(23-11-7-5-8-12-23)15-18-28(19-16-25)20-17-26-24-13-9-6-10-14-24/h5-14,26H,3-4,15-22H2,1-2H3. The Morgan fingerprint density at radius 1 is 0.931 bits per heavy atom. The SMILES string of the molecule is CCN(CC)CCOC1(c2ccccc2)CCN(CCNc2ccccc2)CC1. The van der Waals surface area contributed by atoms with Crippen molar-refractivity contribution in [3.8, 4) is 0 Å². The third-order valence-corrected chi connectivity index (χ3v) is 6.17. The first kappa shape index (κ1) is 21.8. The highest BCUT2D eigenvalue weighted by Gasteiger charge is 2.37. The van der Waals surface area contributed by atoms with Crippen LogP contribution in [0.2, 0.25) is 0 Å².